The molecule has 0 bridgehead atoms. The SMILES string of the molecule is CN(C)C(=O)c1cccc(NS(=O)(=O)c2cc(Cl)sc2Cl)c1. The maximum Gasteiger partial charge on any atom is 0.264 e. The highest BCUT2D eigenvalue weighted by Gasteiger charge is 2.21. The van der Waals surface area contributed by atoms with E-state index >= 15 is 0 Å². The smallest absolute Gasteiger partial charge is 0.264 e. The number of carbonyl (C=O) groups excluding carboxylic acids is 1. The van der Waals surface area contributed by atoms with Gasteiger partial charge >= 0.3 is 0 Å². The number of rotatable bonds is 4. The third-order valence-corrected chi connectivity index (χ3v) is 5.82. The molecule has 5 nitrogen and oxygen atoms in total. The fourth-order valence-electron chi connectivity index (χ4n) is 1.69. The molecule has 1 heterocycles. The van der Waals surface area contributed by atoms with Crippen molar-refractivity contribution < 1.29 is 13.2 Å². The number of benzene rings is 1. The zero-order chi connectivity index (χ0) is 16.5. The summed E-state index contributed by atoms with van der Waals surface area (Å²) < 4.78 is 27.4. The van der Waals surface area contributed by atoms with Crippen molar-refractivity contribution in [3.05, 3.63) is 44.6 Å². The van der Waals surface area contributed by atoms with E-state index in [2.05, 4.69) is 4.72 Å². The van der Waals surface area contributed by atoms with Gasteiger partial charge in [0.1, 0.15) is 9.23 Å². The Morgan fingerprint density at radius 2 is 1.91 bits per heavy atom. The number of hydrogen-bond acceptors (Lipinski definition) is 4. The third-order valence-electron chi connectivity index (χ3n) is 2.68. The van der Waals surface area contributed by atoms with Crippen LogP contribution >= 0.6 is 34.5 Å². The van der Waals surface area contributed by atoms with Gasteiger partial charge < -0.3 is 4.90 Å². The van der Waals surface area contributed by atoms with Gasteiger partial charge in [0.15, 0.2) is 0 Å². The van der Waals surface area contributed by atoms with Gasteiger partial charge in [0, 0.05) is 25.3 Å². The van der Waals surface area contributed by atoms with Gasteiger partial charge in [-0.05, 0) is 24.3 Å². The van der Waals surface area contributed by atoms with E-state index in [9.17, 15) is 13.2 Å². The number of thiophene rings is 1. The minimum Gasteiger partial charge on any atom is -0.345 e. The molecule has 0 unspecified atom stereocenters. The summed E-state index contributed by atoms with van der Waals surface area (Å²) in [5, 5.41) is 0. The van der Waals surface area contributed by atoms with E-state index in [0.29, 0.717) is 5.56 Å². The third kappa shape index (κ3) is 3.73. The second kappa shape index (κ2) is 6.45. The first kappa shape index (κ1) is 17.1. The number of sulfonamides is 1. The highest BCUT2D eigenvalue weighted by Crippen LogP contribution is 2.35. The average Bonchev–Trinajstić information content (AvgIpc) is 2.77. The predicted octanol–water partition coefficient (Wildman–Crippen LogP) is 3.56. The molecule has 0 aliphatic carbocycles. The Morgan fingerprint density at radius 3 is 2.45 bits per heavy atom. The largest absolute Gasteiger partial charge is 0.345 e. The summed E-state index contributed by atoms with van der Waals surface area (Å²) >= 11 is 12.6. The molecule has 2 rings (SSSR count). The number of carbonyl (C=O) groups is 1. The first-order valence-electron chi connectivity index (χ1n) is 6.00. The molecule has 0 saturated heterocycles. The van der Waals surface area contributed by atoms with Crippen LogP contribution in [-0.2, 0) is 10.0 Å². The highest BCUT2D eigenvalue weighted by atomic mass is 35.5. The van der Waals surface area contributed by atoms with E-state index in [1.807, 2.05) is 0 Å². The Bertz CT molecular complexity index is 816. The molecule has 1 aromatic carbocycles. The maximum absolute atomic E-state index is 12.3. The molecule has 0 aliphatic rings. The Labute approximate surface area is 142 Å². The normalized spacial score (nSPS) is 11.3. The lowest BCUT2D eigenvalue weighted by atomic mass is 10.2. The molecule has 1 N–H and O–H groups in total. The lowest BCUT2D eigenvalue weighted by Crippen LogP contribution is -2.22. The van der Waals surface area contributed by atoms with Crippen molar-refractivity contribution in [2.45, 2.75) is 4.90 Å². The van der Waals surface area contributed by atoms with Crippen molar-refractivity contribution in [1.29, 1.82) is 0 Å². The summed E-state index contributed by atoms with van der Waals surface area (Å²) in [6.07, 6.45) is 0. The first-order chi connectivity index (χ1) is 10.2. The number of anilines is 1. The van der Waals surface area contributed by atoms with Crippen molar-refractivity contribution in [3.8, 4) is 0 Å². The van der Waals surface area contributed by atoms with Crippen LogP contribution in [0.2, 0.25) is 8.67 Å². The molecule has 1 aromatic heterocycles. The van der Waals surface area contributed by atoms with Gasteiger partial charge in [-0.25, -0.2) is 8.42 Å². The Hall–Kier alpha value is -1.28. The van der Waals surface area contributed by atoms with Crippen LogP contribution in [0.15, 0.2) is 35.2 Å². The van der Waals surface area contributed by atoms with Gasteiger partial charge in [0.2, 0.25) is 0 Å². The molecule has 0 radical (unpaired) electrons. The van der Waals surface area contributed by atoms with E-state index in [-0.39, 0.29) is 25.2 Å². The summed E-state index contributed by atoms with van der Waals surface area (Å²) in [5.74, 6) is -0.224. The number of nitrogens with zero attached hydrogens (tertiary/aromatic N) is 1. The number of amides is 1. The average molecular weight is 379 g/mol. The zero-order valence-corrected chi connectivity index (χ0v) is 14.8. The predicted molar refractivity (Wildman–Crippen MR) is 89.6 cm³/mol. The standard InChI is InChI=1S/C13H12Cl2N2O3S2/c1-17(2)13(18)8-4-3-5-9(6-8)16-22(19,20)10-7-11(14)21-12(10)15/h3-7,16H,1-2H3. The van der Waals surface area contributed by atoms with Gasteiger partial charge in [-0.3, -0.25) is 9.52 Å². The maximum atomic E-state index is 12.3. The van der Waals surface area contributed by atoms with Gasteiger partial charge in [-0.2, -0.15) is 0 Å². The van der Waals surface area contributed by atoms with Crippen LogP contribution in [0.1, 0.15) is 10.4 Å². The second-order valence-electron chi connectivity index (χ2n) is 4.57. The lowest BCUT2D eigenvalue weighted by molar-refractivity contribution is 0.0827. The Balaban J connectivity index is 2.33. The number of nitrogens with one attached hydrogen (secondary N) is 1. The van der Waals surface area contributed by atoms with Crippen molar-refractivity contribution in [2.75, 3.05) is 18.8 Å². The fraction of sp³-hybridized carbons (Fsp3) is 0.154. The van der Waals surface area contributed by atoms with Crippen LogP contribution < -0.4 is 4.72 Å². The van der Waals surface area contributed by atoms with E-state index in [1.54, 1.807) is 32.3 Å². The summed E-state index contributed by atoms with van der Waals surface area (Å²) in [7, 11) is -0.632. The summed E-state index contributed by atoms with van der Waals surface area (Å²) in [6.45, 7) is 0. The van der Waals surface area contributed by atoms with Gasteiger partial charge in [-0.1, -0.05) is 29.3 Å². The van der Waals surface area contributed by atoms with Crippen LogP contribution in [0, 0.1) is 0 Å². The monoisotopic (exact) mass is 378 g/mol. The Morgan fingerprint density at radius 1 is 1.23 bits per heavy atom. The number of hydrogen-bond donors (Lipinski definition) is 1. The van der Waals surface area contributed by atoms with E-state index in [1.165, 1.54) is 17.0 Å². The van der Waals surface area contributed by atoms with Crippen molar-refractivity contribution in [1.82, 2.24) is 4.90 Å². The lowest BCUT2D eigenvalue weighted by Gasteiger charge is -2.12. The van der Waals surface area contributed by atoms with Crippen LogP contribution in [0.3, 0.4) is 0 Å². The minimum atomic E-state index is -3.87. The highest BCUT2D eigenvalue weighted by molar-refractivity contribution is 7.93. The van der Waals surface area contributed by atoms with Gasteiger partial charge in [-0.15, -0.1) is 11.3 Å². The quantitative estimate of drug-likeness (QED) is 0.884. The van der Waals surface area contributed by atoms with Crippen LogP contribution in [0.4, 0.5) is 5.69 Å². The summed E-state index contributed by atoms with van der Waals surface area (Å²) in [5.41, 5.74) is 0.644. The second-order valence-corrected chi connectivity index (χ2v) is 8.51. The molecular formula is C13H12Cl2N2O3S2. The molecule has 0 atom stereocenters. The van der Waals surface area contributed by atoms with Crippen LogP contribution in [-0.4, -0.2) is 33.3 Å². The molecule has 0 spiro atoms. The molecule has 1 amide bonds. The van der Waals surface area contributed by atoms with Gasteiger partial charge in [0.05, 0.1) is 4.34 Å². The fourth-order valence-corrected chi connectivity index (χ4v) is 4.89. The van der Waals surface area contributed by atoms with Gasteiger partial charge in [0.25, 0.3) is 15.9 Å². The van der Waals surface area contributed by atoms with E-state index < -0.39 is 10.0 Å². The van der Waals surface area contributed by atoms with Crippen molar-refractivity contribution in [3.63, 3.8) is 0 Å². The van der Waals surface area contributed by atoms with Crippen LogP contribution in [0.25, 0.3) is 0 Å². The van der Waals surface area contributed by atoms with E-state index in [4.69, 9.17) is 23.2 Å². The molecule has 0 aliphatic heterocycles. The molecule has 118 valence electrons. The summed E-state index contributed by atoms with van der Waals surface area (Å²) in [4.78, 5) is 13.2. The molecule has 9 heteroatoms. The van der Waals surface area contributed by atoms with E-state index in [0.717, 1.165) is 11.3 Å². The molecule has 0 saturated carbocycles. The number of halogens is 2. The Kier molecular flexibility index (Phi) is 5.01. The topological polar surface area (TPSA) is 66.5 Å². The molecule has 22 heavy (non-hydrogen) atoms. The zero-order valence-electron chi connectivity index (χ0n) is 11.6. The first-order valence-corrected chi connectivity index (χ1v) is 9.05. The summed E-state index contributed by atoms with van der Waals surface area (Å²) in [6, 6.07) is 7.49. The minimum absolute atomic E-state index is 0.0815. The van der Waals surface area contributed by atoms with Crippen molar-refractivity contribution in [2.24, 2.45) is 0 Å². The van der Waals surface area contributed by atoms with Crippen LogP contribution in [0.5, 0.6) is 0 Å². The molecular weight excluding hydrogens is 367 g/mol. The molecule has 0 fully saturated rings. The molecule has 2 aromatic rings. The van der Waals surface area contributed by atoms with Crippen molar-refractivity contribution >= 4 is 56.2 Å².